The first-order valence-electron chi connectivity index (χ1n) is 7.50. The van der Waals surface area contributed by atoms with Gasteiger partial charge in [-0.05, 0) is 50.5 Å². The minimum absolute atomic E-state index is 0.698. The molecule has 4 heteroatoms. The molecule has 0 radical (unpaired) electrons. The normalized spacial score (nSPS) is 14.2. The van der Waals surface area contributed by atoms with Gasteiger partial charge in [-0.1, -0.05) is 17.7 Å². The van der Waals surface area contributed by atoms with E-state index >= 15 is 0 Å². The molecule has 3 rings (SSSR count). The largest absolute Gasteiger partial charge is 0.328 e. The van der Waals surface area contributed by atoms with E-state index in [1.165, 1.54) is 29.7 Å². The summed E-state index contributed by atoms with van der Waals surface area (Å²) in [6.45, 7) is 5.05. The van der Waals surface area contributed by atoms with Crippen molar-refractivity contribution in [3.63, 3.8) is 0 Å². The minimum Gasteiger partial charge on any atom is -0.328 e. The van der Waals surface area contributed by atoms with Gasteiger partial charge in [0.2, 0.25) is 0 Å². The summed E-state index contributed by atoms with van der Waals surface area (Å²) < 4.78 is 0. The number of nitrogens with one attached hydrogen (secondary N) is 1. The lowest BCUT2D eigenvalue weighted by Crippen LogP contribution is -2.18. The molecule has 110 valence electrons. The molecule has 0 unspecified atom stereocenters. The third-order valence-corrected chi connectivity index (χ3v) is 3.91. The van der Waals surface area contributed by atoms with Crippen LogP contribution < -0.4 is 10.2 Å². The van der Waals surface area contributed by atoms with E-state index in [-0.39, 0.29) is 0 Å². The fourth-order valence-corrected chi connectivity index (χ4v) is 2.47. The molecule has 0 saturated heterocycles. The van der Waals surface area contributed by atoms with Crippen LogP contribution in [0, 0.1) is 13.8 Å². The molecule has 1 aromatic heterocycles. The van der Waals surface area contributed by atoms with Crippen molar-refractivity contribution in [1.82, 2.24) is 15.5 Å². The SMILES string of the molecule is Cc1ccc(N(C)c2ccc(CNC3CC3)nn2)c(C)c1. The van der Waals surface area contributed by atoms with E-state index in [2.05, 4.69) is 58.5 Å². The van der Waals surface area contributed by atoms with Gasteiger partial charge in [0.15, 0.2) is 5.82 Å². The van der Waals surface area contributed by atoms with Crippen molar-refractivity contribution in [1.29, 1.82) is 0 Å². The van der Waals surface area contributed by atoms with Gasteiger partial charge < -0.3 is 10.2 Å². The van der Waals surface area contributed by atoms with Crippen molar-refractivity contribution < 1.29 is 0 Å². The summed E-state index contributed by atoms with van der Waals surface area (Å²) in [5, 5.41) is 12.1. The van der Waals surface area contributed by atoms with E-state index in [0.29, 0.717) is 6.04 Å². The Morgan fingerprint density at radius 3 is 2.57 bits per heavy atom. The van der Waals surface area contributed by atoms with Crippen LogP contribution >= 0.6 is 0 Å². The van der Waals surface area contributed by atoms with E-state index in [1.807, 2.05) is 13.1 Å². The van der Waals surface area contributed by atoms with Gasteiger partial charge in [0.05, 0.1) is 5.69 Å². The fourth-order valence-electron chi connectivity index (χ4n) is 2.47. The third-order valence-electron chi connectivity index (χ3n) is 3.91. The molecule has 1 aromatic carbocycles. The summed E-state index contributed by atoms with van der Waals surface area (Å²) in [7, 11) is 2.03. The van der Waals surface area contributed by atoms with Crippen LogP contribution in [0.25, 0.3) is 0 Å². The first-order valence-corrected chi connectivity index (χ1v) is 7.50. The highest BCUT2D eigenvalue weighted by molar-refractivity contribution is 5.63. The van der Waals surface area contributed by atoms with Crippen molar-refractivity contribution in [2.24, 2.45) is 0 Å². The molecule has 1 fully saturated rings. The lowest BCUT2D eigenvalue weighted by atomic mass is 10.1. The molecule has 2 aromatic rings. The Labute approximate surface area is 126 Å². The molecule has 0 aliphatic heterocycles. The topological polar surface area (TPSA) is 41.0 Å². The lowest BCUT2D eigenvalue weighted by molar-refractivity contribution is 0.665. The maximum absolute atomic E-state index is 4.35. The molecule has 1 aliphatic rings. The van der Waals surface area contributed by atoms with Gasteiger partial charge in [-0.3, -0.25) is 0 Å². The van der Waals surface area contributed by atoms with E-state index in [0.717, 1.165) is 18.1 Å². The molecular formula is C17H22N4. The minimum atomic E-state index is 0.698. The first-order chi connectivity index (χ1) is 10.1. The molecular weight excluding hydrogens is 260 g/mol. The summed E-state index contributed by atoms with van der Waals surface area (Å²) in [4.78, 5) is 2.08. The maximum atomic E-state index is 4.35. The van der Waals surface area contributed by atoms with Crippen LogP contribution in [-0.4, -0.2) is 23.3 Å². The van der Waals surface area contributed by atoms with Crippen molar-refractivity contribution in [2.45, 2.75) is 39.3 Å². The summed E-state index contributed by atoms with van der Waals surface area (Å²) in [5.41, 5.74) is 4.69. The molecule has 0 spiro atoms. The van der Waals surface area contributed by atoms with Gasteiger partial charge in [0, 0.05) is 25.3 Å². The number of aryl methyl sites for hydroxylation is 2. The Kier molecular flexibility index (Phi) is 3.88. The predicted octanol–water partition coefficient (Wildman–Crippen LogP) is 3.11. The van der Waals surface area contributed by atoms with Gasteiger partial charge in [0.1, 0.15) is 0 Å². The fraction of sp³-hybridized carbons (Fsp3) is 0.412. The van der Waals surface area contributed by atoms with Crippen molar-refractivity contribution >= 4 is 11.5 Å². The lowest BCUT2D eigenvalue weighted by Gasteiger charge is -2.20. The Morgan fingerprint density at radius 2 is 1.95 bits per heavy atom. The Hall–Kier alpha value is -1.94. The third kappa shape index (κ3) is 3.39. The van der Waals surface area contributed by atoms with Crippen LogP contribution in [-0.2, 0) is 6.54 Å². The zero-order valence-electron chi connectivity index (χ0n) is 12.9. The van der Waals surface area contributed by atoms with Gasteiger partial charge in [-0.2, -0.15) is 5.10 Å². The Morgan fingerprint density at radius 1 is 1.14 bits per heavy atom. The molecule has 0 atom stereocenters. The molecule has 1 saturated carbocycles. The molecule has 0 bridgehead atoms. The number of rotatable bonds is 5. The summed E-state index contributed by atoms with van der Waals surface area (Å²) >= 11 is 0. The molecule has 21 heavy (non-hydrogen) atoms. The zero-order valence-corrected chi connectivity index (χ0v) is 12.9. The average molecular weight is 282 g/mol. The second kappa shape index (κ2) is 5.82. The number of hydrogen-bond donors (Lipinski definition) is 1. The average Bonchev–Trinajstić information content (AvgIpc) is 3.29. The first kappa shape index (κ1) is 14.0. The van der Waals surface area contributed by atoms with Gasteiger partial charge >= 0.3 is 0 Å². The quantitative estimate of drug-likeness (QED) is 0.915. The van der Waals surface area contributed by atoms with Crippen molar-refractivity contribution in [2.75, 3.05) is 11.9 Å². The van der Waals surface area contributed by atoms with Crippen LogP contribution in [0.2, 0.25) is 0 Å². The second-order valence-corrected chi connectivity index (χ2v) is 5.89. The second-order valence-electron chi connectivity index (χ2n) is 5.89. The van der Waals surface area contributed by atoms with Gasteiger partial charge in [-0.15, -0.1) is 5.10 Å². The number of benzene rings is 1. The monoisotopic (exact) mass is 282 g/mol. The van der Waals surface area contributed by atoms with E-state index < -0.39 is 0 Å². The van der Waals surface area contributed by atoms with E-state index in [9.17, 15) is 0 Å². The zero-order chi connectivity index (χ0) is 14.8. The number of nitrogens with zero attached hydrogens (tertiary/aromatic N) is 3. The van der Waals surface area contributed by atoms with Crippen molar-refractivity contribution in [3.05, 3.63) is 47.2 Å². The molecule has 1 aliphatic carbocycles. The predicted molar refractivity (Wildman–Crippen MR) is 85.9 cm³/mol. The summed E-state index contributed by atoms with van der Waals surface area (Å²) in [6, 6.07) is 11.2. The van der Waals surface area contributed by atoms with E-state index in [1.54, 1.807) is 0 Å². The Balaban J connectivity index is 1.72. The molecule has 1 heterocycles. The molecule has 4 nitrogen and oxygen atoms in total. The van der Waals surface area contributed by atoms with Crippen LogP contribution in [0.1, 0.15) is 29.7 Å². The molecule has 1 N–H and O–H groups in total. The smallest absolute Gasteiger partial charge is 0.155 e. The highest BCUT2D eigenvalue weighted by Crippen LogP contribution is 2.25. The van der Waals surface area contributed by atoms with Crippen LogP contribution in [0.5, 0.6) is 0 Å². The van der Waals surface area contributed by atoms with Gasteiger partial charge in [0.25, 0.3) is 0 Å². The highest BCUT2D eigenvalue weighted by Gasteiger charge is 2.20. The van der Waals surface area contributed by atoms with Crippen LogP contribution in [0.15, 0.2) is 30.3 Å². The number of aromatic nitrogens is 2. The summed E-state index contributed by atoms with van der Waals surface area (Å²) in [6.07, 6.45) is 2.59. The van der Waals surface area contributed by atoms with Gasteiger partial charge in [-0.25, -0.2) is 0 Å². The number of anilines is 2. The highest BCUT2D eigenvalue weighted by atomic mass is 15.3. The van der Waals surface area contributed by atoms with E-state index in [4.69, 9.17) is 0 Å². The van der Waals surface area contributed by atoms with Crippen LogP contribution in [0.4, 0.5) is 11.5 Å². The molecule has 0 amide bonds. The Bertz CT molecular complexity index is 617. The van der Waals surface area contributed by atoms with Crippen LogP contribution in [0.3, 0.4) is 0 Å². The standard InChI is InChI=1S/C17H22N4/c1-12-4-8-16(13(2)10-12)21(3)17-9-7-15(19-20-17)11-18-14-5-6-14/h4,7-10,14,18H,5-6,11H2,1-3H3. The maximum Gasteiger partial charge on any atom is 0.155 e. The van der Waals surface area contributed by atoms with Crippen molar-refractivity contribution in [3.8, 4) is 0 Å². The summed E-state index contributed by atoms with van der Waals surface area (Å²) in [5.74, 6) is 0.872. The number of hydrogen-bond acceptors (Lipinski definition) is 4.